The van der Waals surface area contributed by atoms with E-state index >= 15 is 0 Å². The van der Waals surface area contributed by atoms with Crippen LogP contribution in [0.2, 0.25) is 0 Å². The van der Waals surface area contributed by atoms with Gasteiger partial charge in [0.2, 0.25) is 0 Å². The highest BCUT2D eigenvalue weighted by molar-refractivity contribution is 5.22. The molecule has 0 fully saturated rings. The highest BCUT2D eigenvalue weighted by atomic mass is 19.3. The molecule has 0 saturated carbocycles. The van der Waals surface area contributed by atoms with Gasteiger partial charge in [0.25, 0.3) is 5.92 Å². The average molecular weight is 198 g/mol. The first kappa shape index (κ1) is 11.2. The maximum Gasteiger partial charge on any atom is 0.252 e. The molecule has 1 aromatic carbocycles. The van der Waals surface area contributed by atoms with E-state index in [1.54, 1.807) is 24.3 Å². The van der Waals surface area contributed by atoms with Crippen molar-refractivity contribution in [3.8, 4) is 0 Å². The Hall–Kier alpha value is -0.920. The van der Waals surface area contributed by atoms with Crippen molar-refractivity contribution < 1.29 is 8.78 Å². The summed E-state index contributed by atoms with van der Waals surface area (Å²) >= 11 is 0. The second kappa shape index (κ2) is 4.07. The van der Waals surface area contributed by atoms with Crippen LogP contribution in [-0.2, 0) is 0 Å². The maximum atomic E-state index is 13.3. The lowest BCUT2D eigenvalue weighted by molar-refractivity contribution is -0.0227. The van der Waals surface area contributed by atoms with Gasteiger partial charge in [-0.1, -0.05) is 44.2 Å². The van der Waals surface area contributed by atoms with Gasteiger partial charge in [-0.2, -0.15) is 0 Å². The van der Waals surface area contributed by atoms with E-state index in [2.05, 4.69) is 0 Å². The SMILES string of the molecule is CC(C)C(c1ccccc1)C(C)(F)F. The average Bonchev–Trinajstić information content (AvgIpc) is 2.02. The molecule has 0 heterocycles. The molecular formula is C12H16F2. The third-order valence-corrected chi connectivity index (χ3v) is 2.37. The van der Waals surface area contributed by atoms with Crippen molar-refractivity contribution in [1.82, 2.24) is 0 Å². The van der Waals surface area contributed by atoms with Crippen LogP contribution in [0.25, 0.3) is 0 Å². The molecule has 0 aliphatic heterocycles. The molecule has 0 radical (unpaired) electrons. The van der Waals surface area contributed by atoms with Gasteiger partial charge in [0.15, 0.2) is 0 Å². The molecule has 0 nitrogen and oxygen atoms in total. The highest BCUT2D eigenvalue weighted by Crippen LogP contribution is 2.38. The van der Waals surface area contributed by atoms with Gasteiger partial charge in [-0.05, 0) is 18.4 Å². The van der Waals surface area contributed by atoms with Crippen molar-refractivity contribution >= 4 is 0 Å². The van der Waals surface area contributed by atoms with E-state index in [0.29, 0.717) is 0 Å². The fourth-order valence-corrected chi connectivity index (χ4v) is 1.92. The monoisotopic (exact) mass is 198 g/mol. The summed E-state index contributed by atoms with van der Waals surface area (Å²) in [6, 6.07) is 8.98. The largest absolute Gasteiger partial charge is 0.252 e. The van der Waals surface area contributed by atoms with Gasteiger partial charge in [-0.15, -0.1) is 0 Å². The van der Waals surface area contributed by atoms with Crippen LogP contribution in [0, 0.1) is 5.92 Å². The Kier molecular flexibility index (Phi) is 3.25. The molecule has 1 atom stereocenters. The summed E-state index contributed by atoms with van der Waals surface area (Å²) in [5, 5.41) is 0. The molecular weight excluding hydrogens is 182 g/mol. The molecule has 1 rings (SSSR count). The van der Waals surface area contributed by atoms with E-state index < -0.39 is 11.8 Å². The summed E-state index contributed by atoms with van der Waals surface area (Å²) in [6.07, 6.45) is 0. The van der Waals surface area contributed by atoms with E-state index in [1.165, 1.54) is 0 Å². The van der Waals surface area contributed by atoms with Crippen LogP contribution in [0.5, 0.6) is 0 Å². The first-order chi connectivity index (χ1) is 6.43. The maximum absolute atomic E-state index is 13.3. The Labute approximate surface area is 84.0 Å². The summed E-state index contributed by atoms with van der Waals surface area (Å²) in [5.41, 5.74) is 0.718. The number of hydrogen-bond donors (Lipinski definition) is 0. The van der Waals surface area contributed by atoms with E-state index in [9.17, 15) is 8.78 Å². The van der Waals surface area contributed by atoms with E-state index in [4.69, 9.17) is 0 Å². The molecule has 78 valence electrons. The van der Waals surface area contributed by atoms with Crippen LogP contribution in [0.15, 0.2) is 30.3 Å². The lowest BCUT2D eigenvalue weighted by Gasteiger charge is -2.27. The van der Waals surface area contributed by atoms with Crippen molar-refractivity contribution in [2.75, 3.05) is 0 Å². The first-order valence-electron chi connectivity index (χ1n) is 4.85. The number of hydrogen-bond acceptors (Lipinski definition) is 0. The minimum absolute atomic E-state index is 0.0580. The zero-order valence-corrected chi connectivity index (χ0v) is 8.80. The minimum atomic E-state index is -2.66. The van der Waals surface area contributed by atoms with Crippen molar-refractivity contribution in [2.24, 2.45) is 5.92 Å². The fourth-order valence-electron chi connectivity index (χ4n) is 1.92. The second-order valence-electron chi connectivity index (χ2n) is 4.09. The number of benzene rings is 1. The first-order valence-corrected chi connectivity index (χ1v) is 4.85. The Balaban J connectivity index is 3.02. The highest BCUT2D eigenvalue weighted by Gasteiger charge is 2.37. The molecule has 0 aromatic heterocycles. The van der Waals surface area contributed by atoms with E-state index in [1.807, 2.05) is 19.9 Å². The van der Waals surface area contributed by atoms with Gasteiger partial charge >= 0.3 is 0 Å². The van der Waals surface area contributed by atoms with Crippen LogP contribution >= 0.6 is 0 Å². The predicted molar refractivity (Wildman–Crippen MR) is 54.6 cm³/mol. The molecule has 0 aliphatic rings. The van der Waals surface area contributed by atoms with Crippen LogP contribution in [0.1, 0.15) is 32.3 Å². The standard InChI is InChI=1S/C12H16F2/c1-9(2)11(12(3,13)14)10-7-5-4-6-8-10/h4-9,11H,1-3H3. The zero-order chi connectivity index (χ0) is 10.8. The summed E-state index contributed by atoms with van der Waals surface area (Å²) in [6.45, 7) is 4.65. The summed E-state index contributed by atoms with van der Waals surface area (Å²) in [4.78, 5) is 0. The molecule has 14 heavy (non-hydrogen) atoms. The molecule has 1 unspecified atom stereocenters. The van der Waals surface area contributed by atoms with Crippen molar-refractivity contribution in [3.05, 3.63) is 35.9 Å². The van der Waals surface area contributed by atoms with Gasteiger partial charge in [0, 0.05) is 5.92 Å². The van der Waals surface area contributed by atoms with Gasteiger partial charge in [-0.3, -0.25) is 0 Å². The Morgan fingerprint density at radius 3 is 1.93 bits per heavy atom. The van der Waals surface area contributed by atoms with Crippen LogP contribution in [0.4, 0.5) is 8.78 Å². The quantitative estimate of drug-likeness (QED) is 0.686. The van der Waals surface area contributed by atoms with E-state index in [-0.39, 0.29) is 5.92 Å². The third kappa shape index (κ3) is 2.53. The molecule has 0 bridgehead atoms. The Morgan fingerprint density at radius 1 is 1.07 bits per heavy atom. The van der Waals surface area contributed by atoms with Crippen molar-refractivity contribution in [1.29, 1.82) is 0 Å². The molecule has 0 N–H and O–H groups in total. The van der Waals surface area contributed by atoms with Gasteiger partial charge < -0.3 is 0 Å². The van der Waals surface area contributed by atoms with Crippen molar-refractivity contribution in [2.45, 2.75) is 32.6 Å². The van der Waals surface area contributed by atoms with Gasteiger partial charge in [0.05, 0.1) is 0 Å². The Morgan fingerprint density at radius 2 is 1.57 bits per heavy atom. The Bertz CT molecular complexity index is 272. The molecule has 0 spiro atoms. The zero-order valence-electron chi connectivity index (χ0n) is 8.80. The topological polar surface area (TPSA) is 0 Å². The van der Waals surface area contributed by atoms with E-state index in [0.717, 1.165) is 12.5 Å². The minimum Gasteiger partial charge on any atom is -0.207 e. The lowest BCUT2D eigenvalue weighted by Crippen LogP contribution is -2.26. The van der Waals surface area contributed by atoms with Crippen LogP contribution in [0.3, 0.4) is 0 Å². The summed E-state index contributed by atoms with van der Waals surface area (Å²) < 4.78 is 26.6. The molecule has 0 saturated heterocycles. The van der Waals surface area contributed by atoms with Crippen LogP contribution < -0.4 is 0 Å². The summed E-state index contributed by atoms with van der Waals surface area (Å²) in [7, 11) is 0. The molecule has 0 amide bonds. The smallest absolute Gasteiger partial charge is 0.207 e. The molecule has 2 heteroatoms. The van der Waals surface area contributed by atoms with Gasteiger partial charge in [0.1, 0.15) is 0 Å². The van der Waals surface area contributed by atoms with Crippen LogP contribution in [-0.4, -0.2) is 5.92 Å². The number of alkyl halides is 2. The third-order valence-electron chi connectivity index (χ3n) is 2.37. The van der Waals surface area contributed by atoms with Crippen molar-refractivity contribution in [3.63, 3.8) is 0 Å². The summed E-state index contributed by atoms with van der Waals surface area (Å²) in [5.74, 6) is -3.41. The molecule has 0 aliphatic carbocycles. The second-order valence-corrected chi connectivity index (χ2v) is 4.09. The predicted octanol–water partition coefficient (Wildman–Crippen LogP) is 4.08. The molecule has 1 aromatic rings. The number of halogens is 2. The fraction of sp³-hybridized carbons (Fsp3) is 0.500. The lowest BCUT2D eigenvalue weighted by atomic mass is 9.84. The van der Waals surface area contributed by atoms with Gasteiger partial charge in [-0.25, -0.2) is 8.78 Å². The normalized spacial score (nSPS) is 14.4. The number of rotatable bonds is 3.